The Balaban J connectivity index is 1.75. The van der Waals surface area contributed by atoms with Gasteiger partial charge in [0.15, 0.2) is 0 Å². The predicted octanol–water partition coefficient (Wildman–Crippen LogP) is 0.905. The SMILES string of the molecule is COc1ccccc1CN1CC2CNCCN2C1=O. The summed E-state index contributed by atoms with van der Waals surface area (Å²) in [4.78, 5) is 16.2. The van der Waals surface area contributed by atoms with Gasteiger partial charge in [-0.25, -0.2) is 4.79 Å². The number of para-hydroxylation sites is 1. The van der Waals surface area contributed by atoms with Crippen LogP contribution >= 0.6 is 0 Å². The van der Waals surface area contributed by atoms with E-state index in [0.717, 1.165) is 37.5 Å². The maximum Gasteiger partial charge on any atom is 0.320 e. The zero-order chi connectivity index (χ0) is 13.2. The van der Waals surface area contributed by atoms with Gasteiger partial charge in [0.05, 0.1) is 19.7 Å². The molecule has 1 aromatic rings. The third kappa shape index (κ3) is 2.26. The summed E-state index contributed by atoms with van der Waals surface area (Å²) in [7, 11) is 1.66. The van der Waals surface area contributed by atoms with E-state index in [9.17, 15) is 4.79 Å². The van der Waals surface area contributed by atoms with Crippen LogP contribution in [-0.4, -0.2) is 55.2 Å². The number of hydrogen-bond donors (Lipinski definition) is 1. The molecular formula is C14H19N3O2. The zero-order valence-corrected chi connectivity index (χ0v) is 11.1. The lowest BCUT2D eigenvalue weighted by Crippen LogP contribution is -2.49. The first-order chi connectivity index (χ1) is 9.29. The van der Waals surface area contributed by atoms with Crippen LogP contribution in [0.5, 0.6) is 5.75 Å². The number of piperazine rings is 1. The Hall–Kier alpha value is -1.75. The number of nitrogens with one attached hydrogen (secondary N) is 1. The summed E-state index contributed by atoms with van der Waals surface area (Å²) in [6, 6.07) is 8.34. The van der Waals surface area contributed by atoms with E-state index in [1.54, 1.807) is 7.11 Å². The molecule has 0 saturated carbocycles. The topological polar surface area (TPSA) is 44.8 Å². The van der Waals surface area contributed by atoms with Crippen molar-refractivity contribution in [3.63, 3.8) is 0 Å². The molecule has 1 atom stereocenters. The van der Waals surface area contributed by atoms with Crippen molar-refractivity contribution < 1.29 is 9.53 Å². The molecule has 2 saturated heterocycles. The van der Waals surface area contributed by atoms with Gasteiger partial charge < -0.3 is 19.9 Å². The highest BCUT2D eigenvalue weighted by atomic mass is 16.5. The van der Waals surface area contributed by atoms with Gasteiger partial charge in [0, 0.05) is 31.7 Å². The van der Waals surface area contributed by atoms with Crippen molar-refractivity contribution in [1.82, 2.24) is 15.1 Å². The number of methoxy groups -OCH3 is 1. The highest BCUT2D eigenvalue weighted by Crippen LogP contribution is 2.24. The Kier molecular flexibility index (Phi) is 3.29. The van der Waals surface area contributed by atoms with E-state index in [1.807, 2.05) is 34.1 Å². The third-order valence-electron chi connectivity index (χ3n) is 3.85. The first kappa shape index (κ1) is 12.3. The number of hydrogen-bond acceptors (Lipinski definition) is 3. The smallest absolute Gasteiger partial charge is 0.320 e. The molecule has 19 heavy (non-hydrogen) atoms. The van der Waals surface area contributed by atoms with Crippen LogP contribution in [0, 0.1) is 0 Å². The summed E-state index contributed by atoms with van der Waals surface area (Å²) >= 11 is 0. The van der Waals surface area contributed by atoms with Crippen molar-refractivity contribution >= 4 is 6.03 Å². The van der Waals surface area contributed by atoms with Gasteiger partial charge >= 0.3 is 6.03 Å². The fraction of sp³-hybridized carbons (Fsp3) is 0.500. The lowest BCUT2D eigenvalue weighted by Gasteiger charge is -2.28. The van der Waals surface area contributed by atoms with Crippen LogP contribution in [0.1, 0.15) is 5.56 Å². The molecule has 102 valence electrons. The van der Waals surface area contributed by atoms with Gasteiger partial charge in [-0.3, -0.25) is 0 Å². The van der Waals surface area contributed by atoms with Crippen LogP contribution in [0.2, 0.25) is 0 Å². The number of nitrogens with zero attached hydrogens (tertiary/aromatic N) is 2. The number of carbonyl (C=O) groups excluding carboxylic acids is 1. The van der Waals surface area contributed by atoms with E-state index >= 15 is 0 Å². The van der Waals surface area contributed by atoms with E-state index < -0.39 is 0 Å². The second-order valence-corrected chi connectivity index (χ2v) is 5.03. The van der Waals surface area contributed by atoms with E-state index in [2.05, 4.69) is 5.32 Å². The summed E-state index contributed by atoms with van der Waals surface area (Å²) in [5, 5.41) is 3.34. The van der Waals surface area contributed by atoms with Crippen molar-refractivity contribution in [3.05, 3.63) is 29.8 Å². The van der Waals surface area contributed by atoms with Gasteiger partial charge in [-0.05, 0) is 6.07 Å². The van der Waals surface area contributed by atoms with Gasteiger partial charge in [-0.1, -0.05) is 18.2 Å². The Morgan fingerprint density at radius 2 is 2.26 bits per heavy atom. The molecule has 2 aliphatic rings. The summed E-state index contributed by atoms with van der Waals surface area (Å²) in [5.74, 6) is 0.846. The molecule has 0 radical (unpaired) electrons. The molecule has 5 heteroatoms. The van der Waals surface area contributed by atoms with Crippen LogP contribution in [0.15, 0.2) is 24.3 Å². The van der Waals surface area contributed by atoms with Crippen molar-refractivity contribution in [3.8, 4) is 5.75 Å². The maximum absolute atomic E-state index is 12.3. The Bertz CT molecular complexity index is 478. The minimum Gasteiger partial charge on any atom is -0.496 e. The van der Waals surface area contributed by atoms with Crippen LogP contribution in [0.25, 0.3) is 0 Å². The molecule has 0 bridgehead atoms. The maximum atomic E-state index is 12.3. The van der Waals surface area contributed by atoms with Gasteiger partial charge in [-0.2, -0.15) is 0 Å². The van der Waals surface area contributed by atoms with E-state index in [0.29, 0.717) is 12.6 Å². The molecule has 3 rings (SSSR count). The second kappa shape index (κ2) is 5.09. The first-order valence-corrected chi connectivity index (χ1v) is 6.68. The molecule has 2 amide bonds. The molecule has 5 nitrogen and oxygen atoms in total. The first-order valence-electron chi connectivity index (χ1n) is 6.68. The number of rotatable bonds is 3. The second-order valence-electron chi connectivity index (χ2n) is 5.03. The summed E-state index contributed by atoms with van der Waals surface area (Å²) in [6.45, 7) is 4.02. The number of ether oxygens (including phenoxy) is 1. The highest BCUT2D eigenvalue weighted by Gasteiger charge is 2.38. The number of amides is 2. The third-order valence-corrected chi connectivity index (χ3v) is 3.85. The quantitative estimate of drug-likeness (QED) is 0.879. The van der Waals surface area contributed by atoms with Gasteiger partial charge in [-0.15, -0.1) is 0 Å². The molecule has 1 aromatic carbocycles. The number of carbonyl (C=O) groups is 1. The van der Waals surface area contributed by atoms with E-state index in [4.69, 9.17) is 4.74 Å². The number of benzene rings is 1. The van der Waals surface area contributed by atoms with E-state index in [-0.39, 0.29) is 6.03 Å². The fourth-order valence-electron chi connectivity index (χ4n) is 2.86. The van der Waals surface area contributed by atoms with Crippen LogP contribution in [-0.2, 0) is 6.54 Å². The monoisotopic (exact) mass is 261 g/mol. The van der Waals surface area contributed by atoms with Gasteiger partial charge in [0.2, 0.25) is 0 Å². The molecule has 1 unspecified atom stereocenters. The number of fused-ring (bicyclic) bond motifs is 1. The van der Waals surface area contributed by atoms with Crippen molar-refractivity contribution in [2.45, 2.75) is 12.6 Å². The molecule has 0 spiro atoms. The van der Waals surface area contributed by atoms with E-state index in [1.165, 1.54) is 0 Å². The minimum atomic E-state index is 0.150. The average Bonchev–Trinajstić information content (AvgIpc) is 2.77. The Labute approximate surface area is 113 Å². The zero-order valence-electron chi connectivity index (χ0n) is 11.1. The van der Waals surface area contributed by atoms with Crippen molar-refractivity contribution in [1.29, 1.82) is 0 Å². The van der Waals surface area contributed by atoms with Gasteiger partial charge in [0.25, 0.3) is 0 Å². The largest absolute Gasteiger partial charge is 0.496 e. The molecule has 2 fully saturated rings. The fourth-order valence-corrected chi connectivity index (χ4v) is 2.86. The standard InChI is InChI=1S/C14H19N3O2/c1-19-13-5-3-2-4-11(13)9-16-10-12-8-15-6-7-17(12)14(16)18/h2-5,12,15H,6-10H2,1H3. The molecule has 0 aliphatic carbocycles. The van der Waals surface area contributed by atoms with Gasteiger partial charge in [0.1, 0.15) is 5.75 Å². The summed E-state index contributed by atoms with van der Waals surface area (Å²) in [6.07, 6.45) is 0. The normalized spacial score (nSPS) is 22.6. The highest BCUT2D eigenvalue weighted by molar-refractivity contribution is 5.77. The molecule has 2 heterocycles. The minimum absolute atomic E-state index is 0.150. The Morgan fingerprint density at radius 3 is 3.05 bits per heavy atom. The lowest BCUT2D eigenvalue weighted by molar-refractivity contribution is 0.178. The Morgan fingerprint density at radius 1 is 1.42 bits per heavy atom. The lowest BCUT2D eigenvalue weighted by atomic mass is 10.2. The van der Waals surface area contributed by atoms with Crippen LogP contribution < -0.4 is 10.1 Å². The summed E-state index contributed by atoms with van der Waals surface area (Å²) in [5.41, 5.74) is 1.06. The van der Waals surface area contributed by atoms with Crippen LogP contribution in [0.4, 0.5) is 4.79 Å². The average molecular weight is 261 g/mol. The van der Waals surface area contributed by atoms with Crippen molar-refractivity contribution in [2.24, 2.45) is 0 Å². The molecule has 1 N–H and O–H groups in total. The molecular weight excluding hydrogens is 242 g/mol. The predicted molar refractivity (Wildman–Crippen MR) is 72.2 cm³/mol. The number of urea groups is 1. The summed E-state index contributed by atoms with van der Waals surface area (Å²) < 4.78 is 5.35. The van der Waals surface area contributed by atoms with Crippen LogP contribution in [0.3, 0.4) is 0 Å². The van der Waals surface area contributed by atoms with Crippen molar-refractivity contribution in [2.75, 3.05) is 33.3 Å². The molecule has 2 aliphatic heterocycles. The molecule has 0 aromatic heterocycles.